The van der Waals surface area contributed by atoms with E-state index in [0.29, 0.717) is 28.0 Å². The van der Waals surface area contributed by atoms with Gasteiger partial charge in [0.15, 0.2) is 0 Å². The molecule has 0 fully saturated rings. The number of nitrogens with one attached hydrogen (secondary N) is 1. The van der Waals surface area contributed by atoms with Gasteiger partial charge in [0.25, 0.3) is 0 Å². The summed E-state index contributed by atoms with van der Waals surface area (Å²) in [6.45, 7) is 0.745. The molecule has 0 spiro atoms. The van der Waals surface area contributed by atoms with Gasteiger partial charge in [-0.25, -0.2) is 9.97 Å². The lowest BCUT2D eigenvalue weighted by molar-refractivity contribution is 0.405. The van der Waals surface area contributed by atoms with Crippen molar-refractivity contribution >= 4 is 28.9 Å². The van der Waals surface area contributed by atoms with Crippen LogP contribution in [0.25, 0.3) is 0 Å². The van der Waals surface area contributed by atoms with E-state index in [1.807, 2.05) is 31.3 Å². The topological polar surface area (TPSA) is 59.5 Å². The summed E-state index contributed by atoms with van der Waals surface area (Å²) >= 11 is 6.16. The second-order valence-electron chi connectivity index (χ2n) is 5.92. The molecule has 0 atom stereocenters. The third-order valence-corrected chi connectivity index (χ3v) is 4.34. The van der Waals surface area contributed by atoms with E-state index >= 15 is 0 Å². The van der Waals surface area contributed by atoms with Gasteiger partial charge in [0.2, 0.25) is 0 Å². The molecule has 0 radical (unpaired) electrons. The van der Waals surface area contributed by atoms with Gasteiger partial charge in [-0.15, -0.1) is 0 Å². The van der Waals surface area contributed by atoms with Crippen LogP contribution in [0.3, 0.4) is 0 Å². The monoisotopic (exact) mass is 384 g/mol. The number of hydrogen-bond donors (Lipinski definition) is 1. The summed E-state index contributed by atoms with van der Waals surface area (Å²) in [5.41, 5.74) is 1.91. The Bertz CT molecular complexity index is 906. The highest BCUT2D eigenvalue weighted by Gasteiger charge is 2.12. The molecule has 0 saturated carbocycles. The second kappa shape index (κ2) is 8.60. The predicted octanol–water partition coefficient (Wildman–Crippen LogP) is 4.53. The van der Waals surface area contributed by atoms with Crippen molar-refractivity contribution in [3.8, 4) is 11.5 Å². The smallest absolute Gasteiger partial charge is 0.144 e. The molecule has 2 aromatic carbocycles. The largest absolute Gasteiger partial charge is 0.495 e. The van der Waals surface area contributed by atoms with Crippen LogP contribution in [0.5, 0.6) is 11.5 Å². The highest BCUT2D eigenvalue weighted by atomic mass is 35.5. The minimum absolute atomic E-state index is 0.478. The number of halogens is 1. The molecule has 1 heterocycles. The zero-order chi connectivity index (χ0) is 19.2. The number of benzene rings is 2. The standard InChI is InChI=1S/C20H21ClN4O2/c1-25(12-14-7-5-4-6-8-14)20-11-19(22-13-23-20)24-16-10-17(26-2)15(21)9-18(16)27-3/h4-11,13H,12H2,1-3H3,(H,22,23,24). The zero-order valence-electron chi connectivity index (χ0n) is 15.4. The Labute approximate surface area is 163 Å². The molecule has 0 aliphatic carbocycles. The van der Waals surface area contributed by atoms with Crippen molar-refractivity contribution in [2.45, 2.75) is 6.54 Å². The summed E-state index contributed by atoms with van der Waals surface area (Å²) in [5.74, 6) is 2.59. The molecule has 27 heavy (non-hydrogen) atoms. The van der Waals surface area contributed by atoms with E-state index in [4.69, 9.17) is 21.1 Å². The van der Waals surface area contributed by atoms with E-state index in [-0.39, 0.29) is 0 Å². The first-order valence-electron chi connectivity index (χ1n) is 8.36. The normalized spacial score (nSPS) is 10.4. The van der Waals surface area contributed by atoms with E-state index in [9.17, 15) is 0 Å². The van der Waals surface area contributed by atoms with Gasteiger partial charge in [-0.2, -0.15) is 0 Å². The maximum Gasteiger partial charge on any atom is 0.144 e. The number of aromatic nitrogens is 2. The van der Waals surface area contributed by atoms with Crippen molar-refractivity contribution in [3.63, 3.8) is 0 Å². The van der Waals surface area contributed by atoms with E-state index in [0.717, 1.165) is 12.4 Å². The fourth-order valence-corrected chi connectivity index (χ4v) is 2.89. The molecule has 3 rings (SSSR count). The lowest BCUT2D eigenvalue weighted by atomic mass is 10.2. The second-order valence-corrected chi connectivity index (χ2v) is 6.32. The molecule has 0 amide bonds. The molecule has 0 aliphatic rings. The Hall–Kier alpha value is -2.99. The number of anilines is 3. The van der Waals surface area contributed by atoms with Crippen LogP contribution in [0.4, 0.5) is 17.3 Å². The molecule has 7 heteroatoms. The summed E-state index contributed by atoms with van der Waals surface area (Å²) in [6, 6.07) is 15.6. The van der Waals surface area contributed by atoms with Crippen LogP contribution in [0.1, 0.15) is 5.56 Å². The number of ether oxygens (including phenoxy) is 2. The van der Waals surface area contributed by atoms with Gasteiger partial charge >= 0.3 is 0 Å². The predicted molar refractivity (Wildman–Crippen MR) is 108 cm³/mol. The zero-order valence-corrected chi connectivity index (χ0v) is 16.2. The van der Waals surface area contributed by atoms with Gasteiger partial charge in [-0.1, -0.05) is 41.9 Å². The van der Waals surface area contributed by atoms with E-state index in [2.05, 4.69) is 32.3 Å². The molecule has 0 aliphatic heterocycles. The summed E-state index contributed by atoms with van der Waals surface area (Å²) in [4.78, 5) is 10.7. The van der Waals surface area contributed by atoms with Crippen LogP contribution < -0.4 is 19.7 Å². The molecule has 0 bridgehead atoms. The molecule has 1 aromatic heterocycles. The van der Waals surface area contributed by atoms with Crippen LogP contribution in [-0.2, 0) is 6.54 Å². The van der Waals surface area contributed by atoms with Crippen molar-refractivity contribution in [3.05, 3.63) is 65.4 Å². The van der Waals surface area contributed by atoms with E-state index < -0.39 is 0 Å². The van der Waals surface area contributed by atoms with Crippen molar-refractivity contribution in [2.75, 3.05) is 31.5 Å². The highest BCUT2D eigenvalue weighted by Crippen LogP contribution is 2.37. The highest BCUT2D eigenvalue weighted by molar-refractivity contribution is 6.32. The van der Waals surface area contributed by atoms with Gasteiger partial charge in [0, 0.05) is 31.8 Å². The van der Waals surface area contributed by atoms with Crippen LogP contribution in [-0.4, -0.2) is 31.2 Å². The molecule has 140 valence electrons. The lowest BCUT2D eigenvalue weighted by Gasteiger charge is -2.19. The Morgan fingerprint density at radius 3 is 2.44 bits per heavy atom. The molecule has 1 N–H and O–H groups in total. The van der Waals surface area contributed by atoms with Gasteiger partial charge < -0.3 is 19.7 Å². The quantitative estimate of drug-likeness (QED) is 0.646. The SMILES string of the molecule is COc1cc(Nc2cc(N(C)Cc3ccccc3)ncn2)c(OC)cc1Cl. The average Bonchev–Trinajstić information content (AvgIpc) is 2.70. The number of hydrogen-bond acceptors (Lipinski definition) is 6. The first-order chi connectivity index (χ1) is 13.1. The Kier molecular flexibility index (Phi) is 5.98. The molecule has 3 aromatic rings. The third-order valence-electron chi connectivity index (χ3n) is 4.04. The van der Waals surface area contributed by atoms with Crippen molar-refractivity contribution in [2.24, 2.45) is 0 Å². The van der Waals surface area contributed by atoms with Gasteiger partial charge in [0.1, 0.15) is 29.5 Å². The van der Waals surface area contributed by atoms with Crippen LogP contribution in [0, 0.1) is 0 Å². The van der Waals surface area contributed by atoms with Crippen LogP contribution in [0.2, 0.25) is 5.02 Å². The minimum Gasteiger partial charge on any atom is -0.495 e. The van der Waals surface area contributed by atoms with E-state index in [1.165, 1.54) is 11.9 Å². The minimum atomic E-state index is 0.478. The summed E-state index contributed by atoms with van der Waals surface area (Å²) < 4.78 is 10.7. The Morgan fingerprint density at radius 2 is 1.74 bits per heavy atom. The van der Waals surface area contributed by atoms with Crippen LogP contribution in [0.15, 0.2) is 54.9 Å². The number of methoxy groups -OCH3 is 2. The van der Waals surface area contributed by atoms with Crippen molar-refractivity contribution < 1.29 is 9.47 Å². The van der Waals surface area contributed by atoms with Crippen molar-refractivity contribution in [1.29, 1.82) is 0 Å². The maximum absolute atomic E-state index is 6.16. The summed E-state index contributed by atoms with van der Waals surface area (Å²) in [5, 5.41) is 3.72. The fraction of sp³-hybridized carbons (Fsp3) is 0.200. The molecule has 0 unspecified atom stereocenters. The molecule has 6 nitrogen and oxygen atoms in total. The summed E-state index contributed by atoms with van der Waals surface area (Å²) in [7, 11) is 5.15. The van der Waals surface area contributed by atoms with Gasteiger partial charge in [-0.3, -0.25) is 0 Å². The number of rotatable bonds is 7. The molecular formula is C20H21ClN4O2. The first kappa shape index (κ1) is 18.8. The van der Waals surface area contributed by atoms with E-state index in [1.54, 1.807) is 26.4 Å². The first-order valence-corrected chi connectivity index (χ1v) is 8.74. The Balaban J connectivity index is 1.82. The number of nitrogens with zero attached hydrogens (tertiary/aromatic N) is 3. The maximum atomic E-state index is 6.16. The van der Waals surface area contributed by atoms with Crippen molar-refractivity contribution in [1.82, 2.24) is 9.97 Å². The molecular weight excluding hydrogens is 364 g/mol. The fourth-order valence-electron chi connectivity index (χ4n) is 2.66. The summed E-state index contributed by atoms with van der Waals surface area (Å²) in [6.07, 6.45) is 1.53. The van der Waals surface area contributed by atoms with Gasteiger partial charge in [-0.05, 0) is 5.56 Å². The molecule has 0 saturated heterocycles. The lowest BCUT2D eigenvalue weighted by Crippen LogP contribution is -2.18. The Morgan fingerprint density at radius 1 is 1.00 bits per heavy atom. The van der Waals surface area contributed by atoms with Crippen LogP contribution >= 0.6 is 11.6 Å². The third kappa shape index (κ3) is 4.60. The average molecular weight is 385 g/mol. The van der Waals surface area contributed by atoms with Gasteiger partial charge in [0.05, 0.1) is 24.9 Å².